The Morgan fingerprint density at radius 3 is 2.32 bits per heavy atom. The van der Waals surface area contributed by atoms with Crippen molar-refractivity contribution in [3.8, 4) is 0 Å². The quantitative estimate of drug-likeness (QED) is 0.726. The standard InChI is InChI=1S/C20H20BrN3O4/c21-15-3-5-16(6-4-15)24-13-14(12-18(24)25)19(26)22-7-9-23(10-8-22)20(27)17-2-1-11-28-17/h1-6,11,14H,7-10,12-13H2. The highest BCUT2D eigenvalue weighted by Crippen LogP contribution is 2.27. The first-order chi connectivity index (χ1) is 13.5. The summed E-state index contributed by atoms with van der Waals surface area (Å²) in [6.45, 7) is 2.25. The van der Waals surface area contributed by atoms with E-state index in [1.165, 1.54) is 6.26 Å². The third kappa shape index (κ3) is 3.69. The van der Waals surface area contributed by atoms with Gasteiger partial charge in [-0.2, -0.15) is 0 Å². The lowest BCUT2D eigenvalue weighted by atomic mass is 10.1. The van der Waals surface area contributed by atoms with Gasteiger partial charge in [-0.3, -0.25) is 14.4 Å². The smallest absolute Gasteiger partial charge is 0.289 e. The van der Waals surface area contributed by atoms with E-state index in [1.54, 1.807) is 26.8 Å². The number of hydrogen-bond acceptors (Lipinski definition) is 4. The Labute approximate surface area is 171 Å². The zero-order chi connectivity index (χ0) is 19.7. The summed E-state index contributed by atoms with van der Waals surface area (Å²) < 4.78 is 6.10. The molecule has 2 aromatic rings. The van der Waals surface area contributed by atoms with Crippen LogP contribution in [0.4, 0.5) is 5.69 Å². The number of rotatable bonds is 3. The van der Waals surface area contributed by atoms with E-state index >= 15 is 0 Å². The first-order valence-electron chi connectivity index (χ1n) is 9.20. The van der Waals surface area contributed by atoms with Crippen molar-refractivity contribution in [2.75, 3.05) is 37.6 Å². The predicted molar refractivity (Wildman–Crippen MR) is 106 cm³/mol. The summed E-state index contributed by atoms with van der Waals surface area (Å²) in [6, 6.07) is 10.8. The number of anilines is 1. The van der Waals surface area contributed by atoms with Crippen molar-refractivity contribution in [3.63, 3.8) is 0 Å². The van der Waals surface area contributed by atoms with Gasteiger partial charge < -0.3 is 19.1 Å². The van der Waals surface area contributed by atoms with Crippen LogP contribution in [0.25, 0.3) is 0 Å². The topological polar surface area (TPSA) is 74.1 Å². The van der Waals surface area contributed by atoms with E-state index in [0.29, 0.717) is 38.5 Å². The number of carbonyl (C=O) groups excluding carboxylic acids is 3. The fourth-order valence-corrected chi connectivity index (χ4v) is 3.95. The maximum Gasteiger partial charge on any atom is 0.289 e. The molecule has 1 aromatic heterocycles. The zero-order valence-corrected chi connectivity index (χ0v) is 16.8. The lowest BCUT2D eigenvalue weighted by Crippen LogP contribution is -2.52. The number of amides is 3. The van der Waals surface area contributed by atoms with Gasteiger partial charge in [-0.25, -0.2) is 0 Å². The van der Waals surface area contributed by atoms with E-state index in [1.807, 2.05) is 24.3 Å². The summed E-state index contributed by atoms with van der Waals surface area (Å²) in [5.74, 6) is -0.241. The van der Waals surface area contributed by atoms with Crippen molar-refractivity contribution in [1.82, 2.24) is 9.80 Å². The Morgan fingerprint density at radius 2 is 1.68 bits per heavy atom. The molecule has 2 fully saturated rings. The van der Waals surface area contributed by atoms with Crippen molar-refractivity contribution in [2.24, 2.45) is 5.92 Å². The average Bonchev–Trinajstić information content (AvgIpc) is 3.38. The molecule has 2 aliphatic rings. The molecule has 1 unspecified atom stereocenters. The Hall–Kier alpha value is -2.61. The van der Waals surface area contributed by atoms with Gasteiger partial charge in [0.2, 0.25) is 11.8 Å². The van der Waals surface area contributed by atoms with E-state index in [9.17, 15) is 14.4 Å². The van der Waals surface area contributed by atoms with Crippen LogP contribution in [0.3, 0.4) is 0 Å². The molecule has 4 rings (SSSR count). The van der Waals surface area contributed by atoms with Gasteiger partial charge in [0.15, 0.2) is 5.76 Å². The Bertz CT molecular complexity index is 873. The lowest BCUT2D eigenvalue weighted by Gasteiger charge is -2.35. The van der Waals surface area contributed by atoms with Crippen LogP contribution in [-0.4, -0.2) is 60.2 Å². The maximum atomic E-state index is 12.9. The van der Waals surface area contributed by atoms with E-state index < -0.39 is 0 Å². The minimum absolute atomic E-state index is 0.0157. The highest BCUT2D eigenvalue weighted by atomic mass is 79.9. The molecular formula is C20H20BrN3O4. The molecule has 1 aromatic carbocycles. The highest BCUT2D eigenvalue weighted by molar-refractivity contribution is 9.10. The number of hydrogen-bond donors (Lipinski definition) is 0. The van der Waals surface area contributed by atoms with E-state index in [4.69, 9.17) is 4.42 Å². The maximum absolute atomic E-state index is 12.9. The summed E-state index contributed by atoms with van der Waals surface area (Å²) in [4.78, 5) is 42.8. The first kappa shape index (κ1) is 18.7. The predicted octanol–water partition coefficient (Wildman–Crippen LogP) is 2.38. The highest BCUT2D eigenvalue weighted by Gasteiger charge is 2.38. The largest absolute Gasteiger partial charge is 0.459 e. The number of piperazine rings is 1. The molecule has 0 saturated carbocycles. The van der Waals surface area contributed by atoms with E-state index in [-0.39, 0.29) is 30.1 Å². The van der Waals surface area contributed by atoms with Crippen LogP contribution in [-0.2, 0) is 9.59 Å². The number of carbonyl (C=O) groups is 3. The number of nitrogens with zero attached hydrogens (tertiary/aromatic N) is 3. The van der Waals surface area contributed by atoms with Crippen molar-refractivity contribution < 1.29 is 18.8 Å². The van der Waals surface area contributed by atoms with Crippen molar-refractivity contribution >= 4 is 39.3 Å². The van der Waals surface area contributed by atoms with E-state index in [0.717, 1.165) is 10.2 Å². The second kappa shape index (κ2) is 7.79. The fourth-order valence-electron chi connectivity index (χ4n) is 3.69. The molecule has 28 heavy (non-hydrogen) atoms. The molecular weight excluding hydrogens is 426 g/mol. The molecule has 3 heterocycles. The van der Waals surface area contributed by atoms with Crippen LogP contribution in [0.1, 0.15) is 17.0 Å². The van der Waals surface area contributed by atoms with Gasteiger partial charge >= 0.3 is 0 Å². The molecule has 0 radical (unpaired) electrons. The van der Waals surface area contributed by atoms with Crippen LogP contribution in [0, 0.1) is 5.92 Å². The number of halogens is 1. The van der Waals surface area contributed by atoms with Crippen LogP contribution in [0.15, 0.2) is 51.6 Å². The summed E-state index contributed by atoms with van der Waals surface area (Å²) >= 11 is 3.39. The van der Waals surface area contributed by atoms with Crippen LogP contribution >= 0.6 is 15.9 Å². The normalized spacial score (nSPS) is 20.0. The molecule has 0 spiro atoms. The summed E-state index contributed by atoms with van der Waals surface area (Å²) in [5.41, 5.74) is 0.803. The third-order valence-electron chi connectivity index (χ3n) is 5.22. The molecule has 146 valence electrons. The molecule has 8 heteroatoms. The van der Waals surface area contributed by atoms with Gasteiger partial charge in [0.05, 0.1) is 12.2 Å². The number of benzene rings is 1. The van der Waals surface area contributed by atoms with Gasteiger partial charge in [0, 0.05) is 49.3 Å². The third-order valence-corrected chi connectivity index (χ3v) is 5.75. The lowest BCUT2D eigenvalue weighted by molar-refractivity contribution is -0.137. The van der Waals surface area contributed by atoms with Crippen molar-refractivity contribution in [1.29, 1.82) is 0 Å². The van der Waals surface area contributed by atoms with Crippen molar-refractivity contribution in [2.45, 2.75) is 6.42 Å². The van der Waals surface area contributed by atoms with Crippen LogP contribution in [0.2, 0.25) is 0 Å². The summed E-state index contributed by atoms with van der Waals surface area (Å²) in [7, 11) is 0. The Balaban J connectivity index is 1.35. The van der Waals surface area contributed by atoms with Gasteiger partial charge in [0.1, 0.15) is 0 Å². The van der Waals surface area contributed by atoms with Crippen molar-refractivity contribution in [3.05, 3.63) is 52.9 Å². The molecule has 1 atom stereocenters. The molecule has 2 saturated heterocycles. The van der Waals surface area contributed by atoms with Crippen LogP contribution < -0.4 is 4.90 Å². The Kier molecular flexibility index (Phi) is 5.21. The van der Waals surface area contributed by atoms with Gasteiger partial charge in [-0.15, -0.1) is 0 Å². The minimum Gasteiger partial charge on any atom is -0.459 e. The van der Waals surface area contributed by atoms with Gasteiger partial charge in [-0.1, -0.05) is 15.9 Å². The second-order valence-corrected chi connectivity index (χ2v) is 7.89. The zero-order valence-electron chi connectivity index (χ0n) is 15.2. The molecule has 7 nitrogen and oxygen atoms in total. The first-order valence-corrected chi connectivity index (χ1v) is 10.00. The molecule has 0 N–H and O–H groups in total. The SMILES string of the molecule is O=C(c1ccco1)N1CCN(C(=O)C2CC(=O)N(c3ccc(Br)cc3)C2)CC1. The monoisotopic (exact) mass is 445 g/mol. The van der Waals surface area contributed by atoms with Gasteiger partial charge in [-0.05, 0) is 36.4 Å². The molecule has 2 aliphatic heterocycles. The molecule has 3 amide bonds. The van der Waals surface area contributed by atoms with Gasteiger partial charge in [0.25, 0.3) is 5.91 Å². The second-order valence-electron chi connectivity index (χ2n) is 6.98. The number of furan rings is 1. The Morgan fingerprint density at radius 1 is 1.00 bits per heavy atom. The average molecular weight is 446 g/mol. The fraction of sp³-hybridized carbons (Fsp3) is 0.350. The summed E-state index contributed by atoms with van der Waals surface area (Å²) in [5, 5.41) is 0. The molecule has 0 bridgehead atoms. The summed E-state index contributed by atoms with van der Waals surface area (Å²) in [6.07, 6.45) is 1.70. The van der Waals surface area contributed by atoms with E-state index in [2.05, 4.69) is 15.9 Å². The van der Waals surface area contributed by atoms with Crippen LogP contribution in [0.5, 0.6) is 0 Å². The molecule has 0 aliphatic carbocycles. The minimum atomic E-state index is -0.344.